The molecule has 2 aliphatic heterocycles. The number of ether oxygens (including phenoxy) is 3. The van der Waals surface area contributed by atoms with Crippen LogP contribution in [0.1, 0.15) is 50.2 Å². The van der Waals surface area contributed by atoms with Gasteiger partial charge in [-0.1, -0.05) is 19.9 Å². The van der Waals surface area contributed by atoms with Crippen molar-refractivity contribution in [3.8, 4) is 11.5 Å². The summed E-state index contributed by atoms with van der Waals surface area (Å²) < 4.78 is 17.5. The molecular weight excluding hydrogens is 422 g/mol. The molecule has 0 aromatic heterocycles. The lowest BCUT2D eigenvalue weighted by Crippen LogP contribution is -2.39. The van der Waals surface area contributed by atoms with E-state index in [9.17, 15) is 9.59 Å². The number of imide groups is 1. The quantitative estimate of drug-likeness (QED) is 0.607. The third-order valence-corrected chi connectivity index (χ3v) is 6.69. The van der Waals surface area contributed by atoms with Crippen LogP contribution in [0.5, 0.6) is 11.5 Å². The molecule has 8 nitrogen and oxygen atoms in total. The smallest absolute Gasteiger partial charge is 0.414 e. The molecule has 4 atom stereocenters. The van der Waals surface area contributed by atoms with Crippen molar-refractivity contribution in [2.75, 3.05) is 27.2 Å². The number of hydrogen-bond acceptors (Lipinski definition) is 7. The Kier molecular flexibility index (Phi) is 6.95. The van der Waals surface area contributed by atoms with Gasteiger partial charge in [0.15, 0.2) is 11.5 Å². The minimum absolute atomic E-state index is 0.0476. The fourth-order valence-corrected chi connectivity index (χ4v) is 5.45. The van der Waals surface area contributed by atoms with Crippen molar-refractivity contribution in [2.24, 2.45) is 17.6 Å². The van der Waals surface area contributed by atoms with Gasteiger partial charge in [-0.3, -0.25) is 15.0 Å². The fourth-order valence-electron chi connectivity index (χ4n) is 5.45. The molecule has 0 radical (unpaired) electrons. The first-order valence-corrected chi connectivity index (χ1v) is 11.7. The maximum Gasteiger partial charge on any atom is 0.414 e. The maximum atomic E-state index is 12.5. The molecule has 0 fully saturated rings. The summed E-state index contributed by atoms with van der Waals surface area (Å²) in [5, 5.41) is 2.37. The molecule has 180 valence electrons. The van der Waals surface area contributed by atoms with E-state index in [0.717, 1.165) is 31.0 Å². The van der Waals surface area contributed by atoms with Crippen LogP contribution in [0.2, 0.25) is 0 Å². The molecule has 8 heteroatoms. The van der Waals surface area contributed by atoms with Crippen molar-refractivity contribution in [1.82, 2.24) is 10.2 Å². The molecule has 1 aromatic rings. The highest BCUT2D eigenvalue weighted by molar-refractivity contribution is 5.91. The van der Waals surface area contributed by atoms with E-state index in [1.165, 1.54) is 16.7 Å². The average Bonchev–Trinajstić information content (AvgIpc) is 3.05. The lowest BCUT2D eigenvalue weighted by atomic mass is 9.80. The van der Waals surface area contributed by atoms with Gasteiger partial charge in [-0.05, 0) is 55.1 Å². The summed E-state index contributed by atoms with van der Waals surface area (Å²) in [7, 11) is 3.72. The first-order valence-electron chi connectivity index (χ1n) is 11.7. The number of nitrogens with one attached hydrogen (secondary N) is 1. The normalized spacial score (nSPS) is 24.3. The van der Waals surface area contributed by atoms with Crippen LogP contribution in [0.4, 0.5) is 4.79 Å². The summed E-state index contributed by atoms with van der Waals surface area (Å²) in [6.45, 7) is 6.16. The van der Waals surface area contributed by atoms with Crippen molar-refractivity contribution in [2.45, 2.75) is 57.8 Å². The van der Waals surface area contributed by atoms with E-state index in [1.807, 2.05) is 12.1 Å². The number of nitrogens with two attached hydrogens (primary N) is 1. The van der Waals surface area contributed by atoms with Crippen LogP contribution in [0, 0.1) is 11.8 Å². The zero-order chi connectivity index (χ0) is 23.7. The topological polar surface area (TPSA) is 103 Å². The standard InChI is InChI=1S/C25H35N3O5/c1-14(2)7-15(11-26)8-21(29)27-25(30)32-18-9-17-13-28(3)12-16-5-6-19(31-4)24-23(16)22(17)20(10-18)33-24/h5-6,9,14-15,18,20,22H,7-8,10-13,26H2,1-4H3,(H,27,29,30)/t15?,18?,20-,22?/m1/s1. The molecule has 0 spiro atoms. The van der Waals surface area contributed by atoms with Gasteiger partial charge in [0.05, 0.1) is 7.11 Å². The maximum absolute atomic E-state index is 12.5. The van der Waals surface area contributed by atoms with Crippen LogP contribution in [-0.2, 0) is 16.1 Å². The van der Waals surface area contributed by atoms with Crippen LogP contribution in [0.3, 0.4) is 0 Å². The number of nitrogens with zero attached hydrogens (tertiary/aromatic N) is 1. The molecule has 2 heterocycles. The van der Waals surface area contributed by atoms with E-state index in [2.05, 4.69) is 37.2 Å². The largest absolute Gasteiger partial charge is 0.493 e. The Bertz CT molecular complexity index is 944. The average molecular weight is 458 g/mol. The van der Waals surface area contributed by atoms with E-state index >= 15 is 0 Å². The Labute approximate surface area is 195 Å². The third kappa shape index (κ3) is 5.01. The number of methoxy groups -OCH3 is 1. The number of alkyl carbamates (subject to hydrolysis) is 1. The fraction of sp³-hybridized carbons (Fsp3) is 0.600. The first kappa shape index (κ1) is 23.6. The summed E-state index contributed by atoms with van der Waals surface area (Å²) >= 11 is 0. The van der Waals surface area contributed by atoms with Gasteiger partial charge in [-0.25, -0.2) is 4.79 Å². The summed E-state index contributed by atoms with van der Waals surface area (Å²) in [5.41, 5.74) is 9.38. The molecule has 4 rings (SSSR count). The molecule has 3 aliphatic rings. The van der Waals surface area contributed by atoms with Crippen LogP contribution < -0.4 is 20.5 Å². The predicted octanol–water partition coefficient (Wildman–Crippen LogP) is 2.95. The van der Waals surface area contributed by atoms with Crippen molar-refractivity contribution in [3.63, 3.8) is 0 Å². The van der Waals surface area contributed by atoms with Crippen molar-refractivity contribution in [3.05, 3.63) is 34.9 Å². The second kappa shape index (κ2) is 9.73. The number of rotatable bonds is 7. The molecule has 3 unspecified atom stereocenters. The number of likely N-dealkylation sites (N-methyl/N-ethyl adjacent to an activating group) is 1. The summed E-state index contributed by atoms with van der Waals surface area (Å²) in [4.78, 5) is 27.1. The predicted molar refractivity (Wildman–Crippen MR) is 124 cm³/mol. The van der Waals surface area contributed by atoms with Gasteiger partial charge in [-0.2, -0.15) is 0 Å². The monoisotopic (exact) mass is 457 g/mol. The van der Waals surface area contributed by atoms with E-state index < -0.39 is 12.2 Å². The van der Waals surface area contributed by atoms with E-state index in [1.54, 1.807) is 7.11 Å². The Morgan fingerprint density at radius 1 is 1.30 bits per heavy atom. The van der Waals surface area contributed by atoms with Gasteiger partial charge in [0.2, 0.25) is 5.91 Å². The molecule has 33 heavy (non-hydrogen) atoms. The number of amides is 2. The van der Waals surface area contributed by atoms with E-state index in [4.69, 9.17) is 19.9 Å². The van der Waals surface area contributed by atoms with Gasteiger partial charge < -0.3 is 19.9 Å². The zero-order valence-electron chi connectivity index (χ0n) is 19.9. The van der Waals surface area contributed by atoms with Crippen LogP contribution >= 0.6 is 0 Å². The van der Waals surface area contributed by atoms with Crippen molar-refractivity contribution in [1.29, 1.82) is 0 Å². The highest BCUT2D eigenvalue weighted by Gasteiger charge is 2.46. The van der Waals surface area contributed by atoms with Gasteiger partial charge in [0.25, 0.3) is 0 Å². The van der Waals surface area contributed by atoms with E-state index in [0.29, 0.717) is 18.9 Å². The molecule has 2 amide bonds. The Morgan fingerprint density at radius 3 is 2.79 bits per heavy atom. The molecule has 0 bridgehead atoms. The third-order valence-electron chi connectivity index (χ3n) is 6.69. The lowest BCUT2D eigenvalue weighted by Gasteiger charge is -2.31. The van der Waals surface area contributed by atoms with Gasteiger partial charge in [0.1, 0.15) is 12.2 Å². The highest BCUT2D eigenvalue weighted by atomic mass is 16.6. The van der Waals surface area contributed by atoms with Gasteiger partial charge in [0, 0.05) is 37.4 Å². The van der Waals surface area contributed by atoms with Gasteiger partial charge >= 0.3 is 6.09 Å². The highest BCUT2D eigenvalue weighted by Crippen LogP contribution is 2.53. The second-order valence-electron chi connectivity index (χ2n) is 9.88. The Morgan fingerprint density at radius 2 is 2.09 bits per heavy atom. The molecule has 1 aromatic carbocycles. The summed E-state index contributed by atoms with van der Waals surface area (Å²) in [5.74, 6) is 1.78. The van der Waals surface area contributed by atoms with E-state index in [-0.39, 0.29) is 30.3 Å². The SMILES string of the molecule is COc1ccc2c3c1O[C@@H]1CC(OC(=O)NC(=O)CC(CN)CC(C)C)C=C(CN(C)C2)C31. The molecule has 0 saturated carbocycles. The molecule has 3 N–H and O–H groups in total. The zero-order valence-corrected chi connectivity index (χ0v) is 19.9. The summed E-state index contributed by atoms with van der Waals surface area (Å²) in [6.07, 6.45) is 2.27. The summed E-state index contributed by atoms with van der Waals surface area (Å²) in [6, 6.07) is 4.06. The molecule has 0 saturated heterocycles. The minimum atomic E-state index is -0.726. The number of benzene rings is 1. The first-order chi connectivity index (χ1) is 15.8. The van der Waals surface area contributed by atoms with Crippen LogP contribution in [0.25, 0.3) is 0 Å². The Hall–Kier alpha value is -2.58. The second-order valence-corrected chi connectivity index (χ2v) is 9.88. The molecule has 1 aliphatic carbocycles. The van der Waals surface area contributed by atoms with Crippen LogP contribution in [-0.4, -0.2) is 56.4 Å². The van der Waals surface area contributed by atoms with Crippen LogP contribution in [0.15, 0.2) is 23.8 Å². The Balaban J connectivity index is 1.45. The molecular formula is C25H35N3O5. The van der Waals surface area contributed by atoms with Gasteiger partial charge in [-0.15, -0.1) is 0 Å². The number of carbonyl (C=O) groups excluding carboxylic acids is 2. The van der Waals surface area contributed by atoms with Crippen molar-refractivity contribution < 1.29 is 23.8 Å². The minimum Gasteiger partial charge on any atom is -0.493 e. The number of carbonyl (C=O) groups is 2. The lowest BCUT2D eigenvalue weighted by molar-refractivity contribution is -0.121. The number of hydrogen-bond donors (Lipinski definition) is 2. The van der Waals surface area contributed by atoms with Crippen molar-refractivity contribution >= 4 is 12.0 Å².